The standard InChI is InChI=1S/C24H40O/c1-5-6-16(2)20-9-10-21-19-8-7-17-15-18(25)11-13-23(17,3)22(19)12-14-24(20,21)4/h7,16,18-22,25H,5-6,8-15H2,1-4H3/t16?,18?,19?,20?,21?,22?,23-,24+/m0/s1. The van der Waals surface area contributed by atoms with Gasteiger partial charge in [-0.05, 0) is 91.8 Å². The monoisotopic (exact) mass is 344 g/mol. The van der Waals surface area contributed by atoms with Gasteiger partial charge in [0, 0.05) is 0 Å². The Bertz CT molecular complexity index is 536. The summed E-state index contributed by atoms with van der Waals surface area (Å²) in [5, 5.41) is 10.2. The van der Waals surface area contributed by atoms with Crippen LogP contribution in [-0.4, -0.2) is 11.2 Å². The first-order chi connectivity index (χ1) is 11.9. The van der Waals surface area contributed by atoms with Gasteiger partial charge in [-0.25, -0.2) is 0 Å². The minimum Gasteiger partial charge on any atom is -0.393 e. The molecule has 1 nitrogen and oxygen atoms in total. The van der Waals surface area contributed by atoms with E-state index in [9.17, 15) is 5.11 Å². The van der Waals surface area contributed by atoms with E-state index in [2.05, 4.69) is 33.8 Å². The van der Waals surface area contributed by atoms with Crippen LogP contribution in [0.1, 0.15) is 91.9 Å². The van der Waals surface area contributed by atoms with Crippen molar-refractivity contribution >= 4 is 0 Å². The Labute approximate surface area is 155 Å². The van der Waals surface area contributed by atoms with Crippen molar-refractivity contribution in [3.05, 3.63) is 11.6 Å². The SMILES string of the molecule is CCCC(C)C1CCC2C3CC=C4CC(O)CC[C@]4(C)C3CC[C@]12C. The maximum atomic E-state index is 10.2. The Hall–Kier alpha value is -0.300. The third-order valence-corrected chi connectivity index (χ3v) is 9.58. The van der Waals surface area contributed by atoms with Gasteiger partial charge in [0.15, 0.2) is 0 Å². The van der Waals surface area contributed by atoms with E-state index in [1.807, 2.05) is 0 Å². The quantitative estimate of drug-likeness (QED) is 0.590. The van der Waals surface area contributed by atoms with E-state index in [1.54, 1.807) is 5.57 Å². The molecule has 6 unspecified atom stereocenters. The van der Waals surface area contributed by atoms with Gasteiger partial charge in [-0.3, -0.25) is 0 Å². The molecule has 0 saturated heterocycles. The van der Waals surface area contributed by atoms with Crippen molar-refractivity contribution in [2.75, 3.05) is 0 Å². The lowest BCUT2D eigenvalue weighted by Crippen LogP contribution is -2.50. The lowest BCUT2D eigenvalue weighted by molar-refractivity contribution is -0.0571. The second-order valence-corrected chi connectivity index (χ2v) is 10.7. The fraction of sp³-hybridized carbons (Fsp3) is 0.917. The topological polar surface area (TPSA) is 20.2 Å². The van der Waals surface area contributed by atoms with Crippen LogP contribution in [0.3, 0.4) is 0 Å². The molecule has 1 N–H and O–H groups in total. The fourth-order valence-electron chi connectivity index (χ4n) is 8.27. The van der Waals surface area contributed by atoms with E-state index < -0.39 is 0 Å². The summed E-state index contributed by atoms with van der Waals surface area (Å²) < 4.78 is 0. The van der Waals surface area contributed by atoms with Gasteiger partial charge in [0.25, 0.3) is 0 Å². The lowest BCUT2D eigenvalue weighted by Gasteiger charge is -2.58. The van der Waals surface area contributed by atoms with E-state index in [-0.39, 0.29) is 6.10 Å². The van der Waals surface area contributed by atoms with E-state index in [0.717, 1.165) is 42.4 Å². The number of aliphatic hydroxyl groups excluding tert-OH is 1. The average Bonchev–Trinajstić information content (AvgIpc) is 2.93. The lowest BCUT2D eigenvalue weighted by atomic mass is 9.47. The Morgan fingerprint density at radius 1 is 1.12 bits per heavy atom. The molecular formula is C24H40O. The third kappa shape index (κ3) is 2.67. The molecule has 1 heteroatoms. The Balaban J connectivity index is 1.60. The minimum atomic E-state index is -0.0736. The molecule has 0 aromatic heterocycles. The average molecular weight is 345 g/mol. The second kappa shape index (κ2) is 6.39. The summed E-state index contributed by atoms with van der Waals surface area (Å²) in [4.78, 5) is 0. The van der Waals surface area contributed by atoms with Crippen LogP contribution in [0.2, 0.25) is 0 Å². The number of hydrogen-bond acceptors (Lipinski definition) is 1. The molecule has 25 heavy (non-hydrogen) atoms. The highest BCUT2D eigenvalue weighted by molar-refractivity contribution is 5.25. The molecule has 8 atom stereocenters. The van der Waals surface area contributed by atoms with Crippen LogP contribution in [0.25, 0.3) is 0 Å². The summed E-state index contributed by atoms with van der Waals surface area (Å²) in [5.74, 6) is 4.63. The minimum absolute atomic E-state index is 0.0736. The van der Waals surface area contributed by atoms with Gasteiger partial charge in [0.2, 0.25) is 0 Å². The smallest absolute Gasteiger partial charge is 0.0577 e. The number of allylic oxidation sites excluding steroid dienone is 1. The number of aliphatic hydroxyl groups is 1. The summed E-state index contributed by atoms with van der Waals surface area (Å²) in [6.45, 7) is 10.1. The van der Waals surface area contributed by atoms with Gasteiger partial charge in [0.1, 0.15) is 0 Å². The summed E-state index contributed by atoms with van der Waals surface area (Å²) in [6.07, 6.45) is 15.6. The first kappa shape index (κ1) is 18.1. The van der Waals surface area contributed by atoms with Gasteiger partial charge in [-0.1, -0.05) is 52.2 Å². The maximum absolute atomic E-state index is 10.2. The zero-order valence-corrected chi connectivity index (χ0v) is 17.1. The van der Waals surface area contributed by atoms with Crippen molar-refractivity contribution in [2.45, 2.75) is 98.0 Å². The predicted molar refractivity (Wildman–Crippen MR) is 105 cm³/mol. The molecule has 0 spiro atoms. The van der Waals surface area contributed by atoms with Gasteiger partial charge >= 0.3 is 0 Å². The highest BCUT2D eigenvalue weighted by Gasteiger charge is 2.58. The first-order valence-electron chi connectivity index (χ1n) is 11.3. The molecule has 0 aliphatic heterocycles. The van der Waals surface area contributed by atoms with Crippen LogP contribution in [0.15, 0.2) is 11.6 Å². The maximum Gasteiger partial charge on any atom is 0.0577 e. The normalized spacial score (nSPS) is 50.4. The molecule has 142 valence electrons. The van der Waals surface area contributed by atoms with Crippen molar-refractivity contribution in [2.24, 2.45) is 40.4 Å². The fourth-order valence-corrected chi connectivity index (χ4v) is 8.27. The molecule has 4 aliphatic carbocycles. The highest BCUT2D eigenvalue weighted by atomic mass is 16.3. The summed E-state index contributed by atoms with van der Waals surface area (Å²) in [5.41, 5.74) is 2.62. The molecule has 0 aromatic rings. The van der Waals surface area contributed by atoms with Crippen molar-refractivity contribution in [3.63, 3.8) is 0 Å². The van der Waals surface area contributed by atoms with Crippen LogP contribution < -0.4 is 0 Å². The molecule has 0 bridgehead atoms. The Morgan fingerprint density at radius 3 is 2.68 bits per heavy atom. The van der Waals surface area contributed by atoms with Crippen LogP contribution in [0.4, 0.5) is 0 Å². The van der Waals surface area contributed by atoms with Gasteiger partial charge in [-0.2, -0.15) is 0 Å². The zero-order valence-electron chi connectivity index (χ0n) is 17.1. The predicted octanol–water partition coefficient (Wildman–Crippen LogP) is 6.36. The molecule has 3 saturated carbocycles. The van der Waals surface area contributed by atoms with E-state index in [0.29, 0.717) is 10.8 Å². The van der Waals surface area contributed by atoms with Crippen LogP contribution in [0, 0.1) is 40.4 Å². The van der Waals surface area contributed by atoms with E-state index in [1.165, 1.54) is 51.4 Å². The molecule has 0 heterocycles. The summed E-state index contributed by atoms with van der Waals surface area (Å²) in [6, 6.07) is 0. The number of rotatable bonds is 3. The summed E-state index contributed by atoms with van der Waals surface area (Å²) in [7, 11) is 0. The molecule has 4 aliphatic rings. The van der Waals surface area contributed by atoms with Crippen molar-refractivity contribution in [3.8, 4) is 0 Å². The molecule has 0 radical (unpaired) electrons. The van der Waals surface area contributed by atoms with Crippen LogP contribution in [0.5, 0.6) is 0 Å². The molecule has 3 fully saturated rings. The first-order valence-corrected chi connectivity index (χ1v) is 11.3. The number of hydrogen-bond donors (Lipinski definition) is 1. The Kier molecular flexibility index (Phi) is 4.63. The van der Waals surface area contributed by atoms with Crippen LogP contribution in [-0.2, 0) is 0 Å². The van der Waals surface area contributed by atoms with E-state index >= 15 is 0 Å². The summed E-state index contributed by atoms with van der Waals surface area (Å²) >= 11 is 0. The zero-order chi connectivity index (χ0) is 17.8. The van der Waals surface area contributed by atoms with Crippen LogP contribution >= 0.6 is 0 Å². The van der Waals surface area contributed by atoms with E-state index in [4.69, 9.17) is 0 Å². The molecule has 0 aromatic carbocycles. The third-order valence-electron chi connectivity index (χ3n) is 9.58. The van der Waals surface area contributed by atoms with Crippen molar-refractivity contribution < 1.29 is 5.11 Å². The van der Waals surface area contributed by atoms with Crippen molar-refractivity contribution in [1.82, 2.24) is 0 Å². The largest absolute Gasteiger partial charge is 0.393 e. The Morgan fingerprint density at radius 2 is 1.92 bits per heavy atom. The molecule has 4 rings (SSSR count). The molecular weight excluding hydrogens is 304 g/mol. The van der Waals surface area contributed by atoms with Gasteiger partial charge in [0.05, 0.1) is 6.10 Å². The molecule has 0 amide bonds. The second-order valence-electron chi connectivity index (χ2n) is 10.7. The van der Waals surface area contributed by atoms with Gasteiger partial charge in [-0.15, -0.1) is 0 Å². The number of fused-ring (bicyclic) bond motifs is 5. The highest BCUT2D eigenvalue weighted by Crippen LogP contribution is 2.67. The van der Waals surface area contributed by atoms with Gasteiger partial charge < -0.3 is 5.11 Å². The van der Waals surface area contributed by atoms with Crippen molar-refractivity contribution in [1.29, 1.82) is 0 Å².